The molecule has 0 aliphatic heterocycles. The van der Waals surface area contributed by atoms with Crippen LogP contribution in [0.3, 0.4) is 0 Å². The van der Waals surface area contributed by atoms with Crippen molar-refractivity contribution < 1.29 is 8.42 Å². The first kappa shape index (κ1) is 14.6. The first-order valence-corrected chi connectivity index (χ1v) is 7.92. The lowest BCUT2D eigenvalue weighted by atomic mass is 10.1. The van der Waals surface area contributed by atoms with Crippen molar-refractivity contribution in [2.75, 3.05) is 0 Å². The number of aromatic nitrogens is 2. The van der Waals surface area contributed by atoms with Crippen LogP contribution < -0.4 is 4.72 Å². The van der Waals surface area contributed by atoms with E-state index < -0.39 is 10.0 Å². The second kappa shape index (κ2) is 6.11. The van der Waals surface area contributed by atoms with E-state index in [2.05, 4.69) is 14.9 Å². The van der Waals surface area contributed by atoms with E-state index in [9.17, 15) is 8.42 Å². The van der Waals surface area contributed by atoms with Crippen LogP contribution in [-0.2, 0) is 22.3 Å². The Bertz CT molecular complexity index is 682. The Kier molecular flexibility index (Phi) is 4.46. The van der Waals surface area contributed by atoms with Gasteiger partial charge in [0.1, 0.15) is 0 Å². The average molecular weight is 291 g/mol. The van der Waals surface area contributed by atoms with Gasteiger partial charge in [0.05, 0.1) is 23.7 Å². The second-order valence-corrected chi connectivity index (χ2v) is 6.48. The highest BCUT2D eigenvalue weighted by atomic mass is 32.2. The van der Waals surface area contributed by atoms with Crippen molar-refractivity contribution in [3.8, 4) is 0 Å². The minimum absolute atomic E-state index is 0.0288. The molecule has 20 heavy (non-hydrogen) atoms. The normalized spacial score (nSPS) is 11.5. The average Bonchev–Trinajstić information content (AvgIpc) is 2.41. The standard InChI is InChI=1S/C14H17N3O2S/c1-11-5-3-4-6-13(11)10-20(18,19)15-9-14-8-7-12(2)16-17-14/h3-8,15H,9-10H2,1-2H3. The number of rotatable bonds is 5. The van der Waals surface area contributed by atoms with Gasteiger partial charge in [0.25, 0.3) is 0 Å². The number of sulfonamides is 1. The zero-order valence-electron chi connectivity index (χ0n) is 11.5. The Hall–Kier alpha value is -1.79. The highest BCUT2D eigenvalue weighted by molar-refractivity contribution is 7.88. The first-order valence-electron chi connectivity index (χ1n) is 6.27. The summed E-state index contributed by atoms with van der Waals surface area (Å²) in [6, 6.07) is 11.0. The van der Waals surface area contributed by atoms with Gasteiger partial charge in [-0.25, -0.2) is 13.1 Å². The molecule has 0 fully saturated rings. The number of benzene rings is 1. The minimum atomic E-state index is -3.38. The van der Waals surface area contributed by atoms with Crippen molar-refractivity contribution in [3.63, 3.8) is 0 Å². The SMILES string of the molecule is Cc1ccc(CNS(=O)(=O)Cc2ccccc2C)nn1. The van der Waals surface area contributed by atoms with Crippen molar-refractivity contribution in [2.45, 2.75) is 26.1 Å². The molecule has 0 spiro atoms. The molecule has 1 aromatic carbocycles. The zero-order valence-corrected chi connectivity index (χ0v) is 12.3. The molecule has 0 aliphatic rings. The molecule has 2 rings (SSSR count). The van der Waals surface area contributed by atoms with E-state index in [4.69, 9.17) is 0 Å². The van der Waals surface area contributed by atoms with Gasteiger partial charge in [-0.2, -0.15) is 10.2 Å². The fraction of sp³-hybridized carbons (Fsp3) is 0.286. The molecule has 1 N–H and O–H groups in total. The fourth-order valence-corrected chi connectivity index (χ4v) is 2.94. The molecule has 0 saturated carbocycles. The maximum absolute atomic E-state index is 12.0. The smallest absolute Gasteiger partial charge is 0.212 e. The molecule has 5 nitrogen and oxygen atoms in total. The molecule has 0 radical (unpaired) electrons. The molecule has 1 aromatic heterocycles. The zero-order chi connectivity index (χ0) is 14.6. The van der Waals surface area contributed by atoms with Crippen LogP contribution in [-0.4, -0.2) is 18.6 Å². The van der Waals surface area contributed by atoms with E-state index >= 15 is 0 Å². The van der Waals surface area contributed by atoms with Crippen LogP contribution >= 0.6 is 0 Å². The largest absolute Gasteiger partial charge is 0.216 e. The Labute approximate surface area is 119 Å². The van der Waals surface area contributed by atoms with Gasteiger partial charge >= 0.3 is 0 Å². The first-order chi connectivity index (χ1) is 9.46. The van der Waals surface area contributed by atoms with E-state index in [0.29, 0.717) is 5.69 Å². The monoisotopic (exact) mass is 291 g/mol. The van der Waals surface area contributed by atoms with Crippen LogP contribution in [0.5, 0.6) is 0 Å². The summed E-state index contributed by atoms with van der Waals surface area (Å²) in [4.78, 5) is 0. The quantitative estimate of drug-likeness (QED) is 0.910. The van der Waals surface area contributed by atoms with E-state index in [0.717, 1.165) is 16.8 Å². The van der Waals surface area contributed by atoms with E-state index in [1.54, 1.807) is 12.1 Å². The van der Waals surface area contributed by atoms with E-state index in [1.807, 2.05) is 38.1 Å². The van der Waals surface area contributed by atoms with Gasteiger partial charge in [-0.15, -0.1) is 0 Å². The molecule has 2 aromatic rings. The van der Waals surface area contributed by atoms with E-state index in [-0.39, 0.29) is 12.3 Å². The molecule has 1 heterocycles. The number of hydrogen-bond acceptors (Lipinski definition) is 4. The third kappa shape index (κ3) is 4.11. The molecule has 6 heteroatoms. The Balaban J connectivity index is 2.01. The van der Waals surface area contributed by atoms with Gasteiger partial charge in [0.15, 0.2) is 0 Å². The lowest BCUT2D eigenvalue weighted by Gasteiger charge is -2.08. The van der Waals surface area contributed by atoms with Gasteiger partial charge < -0.3 is 0 Å². The molecule has 0 amide bonds. The summed E-state index contributed by atoms with van der Waals surface area (Å²) in [6.07, 6.45) is 0. The molecule has 0 atom stereocenters. The number of aryl methyl sites for hydroxylation is 2. The lowest BCUT2D eigenvalue weighted by Crippen LogP contribution is -2.25. The second-order valence-electron chi connectivity index (χ2n) is 4.67. The van der Waals surface area contributed by atoms with E-state index in [1.165, 1.54) is 0 Å². The third-order valence-corrected chi connectivity index (χ3v) is 4.21. The summed E-state index contributed by atoms with van der Waals surface area (Å²) in [7, 11) is -3.38. The summed E-state index contributed by atoms with van der Waals surface area (Å²) < 4.78 is 26.6. The molecule has 0 unspecified atom stereocenters. The van der Waals surface area contributed by atoms with Crippen LogP contribution in [0.25, 0.3) is 0 Å². The summed E-state index contributed by atoms with van der Waals surface area (Å²) >= 11 is 0. The molecule has 0 saturated heterocycles. The molecular formula is C14H17N3O2S. The van der Waals surface area contributed by atoms with Crippen molar-refractivity contribution in [1.82, 2.24) is 14.9 Å². The van der Waals surface area contributed by atoms with Crippen molar-refractivity contribution in [1.29, 1.82) is 0 Å². The highest BCUT2D eigenvalue weighted by Gasteiger charge is 2.13. The van der Waals surface area contributed by atoms with Gasteiger partial charge in [-0.3, -0.25) is 0 Å². The number of hydrogen-bond donors (Lipinski definition) is 1. The van der Waals surface area contributed by atoms with Crippen LogP contribution in [0.1, 0.15) is 22.5 Å². The van der Waals surface area contributed by atoms with Crippen molar-refractivity contribution in [3.05, 3.63) is 58.9 Å². The third-order valence-electron chi connectivity index (χ3n) is 2.93. The summed E-state index contributed by atoms with van der Waals surface area (Å²) in [5, 5.41) is 7.82. The summed E-state index contributed by atoms with van der Waals surface area (Å²) in [5.41, 5.74) is 3.17. The summed E-state index contributed by atoms with van der Waals surface area (Å²) in [5.74, 6) is -0.0288. The maximum Gasteiger partial charge on any atom is 0.216 e. The predicted octanol–water partition coefficient (Wildman–Crippen LogP) is 1.71. The van der Waals surface area contributed by atoms with Crippen molar-refractivity contribution >= 4 is 10.0 Å². The minimum Gasteiger partial charge on any atom is -0.212 e. The van der Waals surface area contributed by atoms with Gasteiger partial charge in [0.2, 0.25) is 10.0 Å². The summed E-state index contributed by atoms with van der Waals surface area (Å²) in [6.45, 7) is 3.89. The van der Waals surface area contributed by atoms with Crippen LogP contribution in [0.4, 0.5) is 0 Å². The highest BCUT2D eigenvalue weighted by Crippen LogP contribution is 2.10. The van der Waals surface area contributed by atoms with Crippen LogP contribution in [0.2, 0.25) is 0 Å². The van der Waals surface area contributed by atoms with Crippen LogP contribution in [0, 0.1) is 13.8 Å². The molecular weight excluding hydrogens is 274 g/mol. The predicted molar refractivity (Wildman–Crippen MR) is 77.4 cm³/mol. The Morgan fingerprint density at radius 3 is 2.45 bits per heavy atom. The van der Waals surface area contributed by atoms with Gasteiger partial charge in [-0.05, 0) is 37.1 Å². The molecule has 106 valence electrons. The molecule has 0 aliphatic carbocycles. The lowest BCUT2D eigenvalue weighted by molar-refractivity contribution is 0.579. The van der Waals surface area contributed by atoms with Gasteiger partial charge in [-0.1, -0.05) is 24.3 Å². The number of nitrogens with one attached hydrogen (secondary N) is 1. The fourth-order valence-electron chi connectivity index (χ4n) is 1.73. The Morgan fingerprint density at radius 1 is 1.05 bits per heavy atom. The molecule has 0 bridgehead atoms. The van der Waals surface area contributed by atoms with Crippen molar-refractivity contribution in [2.24, 2.45) is 0 Å². The Morgan fingerprint density at radius 2 is 1.80 bits per heavy atom. The topological polar surface area (TPSA) is 72.0 Å². The van der Waals surface area contributed by atoms with Gasteiger partial charge in [0, 0.05) is 0 Å². The van der Waals surface area contributed by atoms with Crippen LogP contribution in [0.15, 0.2) is 36.4 Å². The maximum atomic E-state index is 12.0. The number of nitrogens with zero attached hydrogens (tertiary/aromatic N) is 2.